The zero-order valence-electron chi connectivity index (χ0n) is 17.3. The summed E-state index contributed by atoms with van der Waals surface area (Å²) in [6.45, 7) is 2.03. The number of para-hydroxylation sites is 1. The summed E-state index contributed by atoms with van der Waals surface area (Å²) in [7, 11) is 0. The average molecular weight is 495 g/mol. The third-order valence-electron chi connectivity index (χ3n) is 4.80. The number of aromatic nitrogens is 6. The molecule has 164 valence electrons. The smallest absolute Gasteiger partial charge is 0.247 e. The Morgan fingerprint density at radius 3 is 2.42 bits per heavy atom. The Hall–Kier alpha value is -3.20. The first-order chi connectivity index (χ1) is 16.1. The third-order valence-corrected chi connectivity index (χ3v) is 6.26. The van der Waals surface area contributed by atoms with Crippen LogP contribution in [0.15, 0.2) is 76.4 Å². The van der Waals surface area contributed by atoms with Crippen molar-refractivity contribution in [3.05, 3.63) is 88.5 Å². The summed E-state index contributed by atoms with van der Waals surface area (Å²) in [4.78, 5) is 4.16. The second-order valence-corrected chi connectivity index (χ2v) is 8.86. The number of rotatable bonds is 6. The first-order valence-electron chi connectivity index (χ1n) is 9.93. The molecule has 0 aliphatic carbocycles. The summed E-state index contributed by atoms with van der Waals surface area (Å²) >= 11 is 13.9. The molecule has 0 atom stereocenters. The van der Waals surface area contributed by atoms with Crippen molar-refractivity contribution < 1.29 is 4.42 Å². The van der Waals surface area contributed by atoms with E-state index in [2.05, 4.69) is 25.4 Å². The predicted octanol–water partition coefficient (Wildman–Crippen LogP) is 6.29. The summed E-state index contributed by atoms with van der Waals surface area (Å²) in [5.41, 5.74) is 3.56. The Labute approximate surface area is 203 Å². The topological polar surface area (TPSA) is 82.5 Å². The lowest BCUT2D eigenvalue weighted by Gasteiger charge is -2.11. The lowest BCUT2D eigenvalue weighted by Crippen LogP contribution is -2.01. The molecule has 0 amide bonds. The molecule has 5 aromatic rings. The highest BCUT2D eigenvalue weighted by atomic mass is 35.5. The molecule has 0 radical (unpaired) electrons. The monoisotopic (exact) mass is 494 g/mol. The van der Waals surface area contributed by atoms with Crippen molar-refractivity contribution in [1.29, 1.82) is 0 Å². The Morgan fingerprint density at radius 1 is 0.879 bits per heavy atom. The van der Waals surface area contributed by atoms with Crippen LogP contribution in [0.5, 0.6) is 0 Å². The van der Waals surface area contributed by atoms with E-state index in [1.54, 1.807) is 12.3 Å². The SMILES string of the molecule is Cc1ccc(-c2nnc(CSc3nnc(-c4ccc(Cl)nc4)n3-c3ccccc3Cl)o2)cc1. The van der Waals surface area contributed by atoms with Gasteiger partial charge in [-0.1, -0.05) is 64.8 Å². The van der Waals surface area contributed by atoms with Gasteiger partial charge in [0.1, 0.15) is 5.15 Å². The van der Waals surface area contributed by atoms with Gasteiger partial charge < -0.3 is 4.42 Å². The first kappa shape index (κ1) is 21.6. The predicted molar refractivity (Wildman–Crippen MR) is 129 cm³/mol. The van der Waals surface area contributed by atoms with Crippen molar-refractivity contribution in [3.8, 4) is 28.5 Å². The van der Waals surface area contributed by atoms with Crippen LogP contribution in [0.2, 0.25) is 10.2 Å². The van der Waals surface area contributed by atoms with Gasteiger partial charge in [-0.2, -0.15) is 0 Å². The molecule has 0 unspecified atom stereocenters. The molecule has 33 heavy (non-hydrogen) atoms. The van der Waals surface area contributed by atoms with Gasteiger partial charge in [-0.05, 0) is 43.3 Å². The van der Waals surface area contributed by atoms with E-state index in [0.29, 0.717) is 38.7 Å². The number of aryl methyl sites for hydroxylation is 1. The Morgan fingerprint density at radius 2 is 1.67 bits per heavy atom. The average Bonchev–Trinajstić information content (AvgIpc) is 3.46. The zero-order valence-corrected chi connectivity index (χ0v) is 19.6. The molecule has 0 spiro atoms. The first-order valence-corrected chi connectivity index (χ1v) is 11.7. The highest BCUT2D eigenvalue weighted by Gasteiger charge is 2.19. The molecule has 0 aliphatic heterocycles. The standard InChI is InChI=1S/C23H16Cl2N6OS/c1-14-6-8-15(9-7-14)22-29-27-20(32-22)13-33-23-30-28-21(16-10-11-19(25)26-12-16)31(23)18-5-3-2-4-17(18)24/h2-12H,13H2,1H3. The van der Waals surface area contributed by atoms with Crippen LogP contribution >= 0.6 is 35.0 Å². The Balaban J connectivity index is 1.46. The van der Waals surface area contributed by atoms with Crippen LogP contribution < -0.4 is 0 Å². The Bertz CT molecular complexity index is 1400. The van der Waals surface area contributed by atoms with Gasteiger partial charge in [0.25, 0.3) is 0 Å². The van der Waals surface area contributed by atoms with Crippen LogP contribution in [0.1, 0.15) is 11.5 Å². The second kappa shape index (κ2) is 9.35. The zero-order chi connectivity index (χ0) is 22.8. The third kappa shape index (κ3) is 4.64. The quantitative estimate of drug-likeness (QED) is 0.202. The molecular weight excluding hydrogens is 479 g/mol. The van der Waals surface area contributed by atoms with Crippen LogP contribution in [-0.4, -0.2) is 29.9 Å². The van der Waals surface area contributed by atoms with Crippen LogP contribution in [0, 0.1) is 6.92 Å². The molecule has 3 aromatic heterocycles. The van der Waals surface area contributed by atoms with Gasteiger partial charge in [0.05, 0.1) is 16.5 Å². The van der Waals surface area contributed by atoms with E-state index >= 15 is 0 Å². The maximum Gasteiger partial charge on any atom is 0.247 e. The van der Waals surface area contributed by atoms with Gasteiger partial charge in [0.15, 0.2) is 11.0 Å². The summed E-state index contributed by atoms with van der Waals surface area (Å²) in [5.74, 6) is 1.98. The summed E-state index contributed by atoms with van der Waals surface area (Å²) < 4.78 is 7.74. The summed E-state index contributed by atoms with van der Waals surface area (Å²) in [6, 6.07) is 19.0. The van der Waals surface area contributed by atoms with Crippen LogP contribution in [-0.2, 0) is 5.75 Å². The normalized spacial score (nSPS) is 11.1. The Kier molecular flexibility index (Phi) is 6.13. The minimum atomic E-state index is 0.401. The molecule has 10 heteroatoms. The number of hydrogen-bond acceptors (Lipinski definition) is 7. The fourth-order valence-electron chi connectivity index (χ4n) is 3.16. The lowest BCUT2D eigenvalue weighted by atomic mass is 10.1. The van der Waals surface area contributed by atoms with Gasteiger partial charge in [-0.3, -0.25) is 4.57 Å². The summed E-state index contributed by atoms with van der Waals surface area (Å²) in [6.07, 6.45) is 1.65. The molecule has 7 nitrogen and oxygen atoms in total. The second-order valence-electron chi connectivity index (χ2n) is 7.12. The maximum atomic E-state index is 6.51. The van der Waals surface area contributed by atoms with Gasteiger partial charge in [-0.15, -0.1) is 20.4 Å². The van der Waals surface area contributed by atoms with Crippen LogP contribution in [0.25, 0.3) is 28.5 Å². The lowest BCUT2D eigenvalue weighted by molar-refractivity contribution is 0.528. The van der Waals surface area contributed by atoms with Crippen LogP contribution in [0.3, 0.4) is 0 Å². The van der Waals surface area contributed by atoms with Crippen molar-refractivity contribution in [2.75, 3.05) is 0 Å². The van der Waals surface area contributed by atoms with Gasteiger partial charge in [-0.25, -0.2) is 4.98 Å². The van der Waals surface area contributed by atoms with Crippen molar-refractivity contribution in [2.24, 2.45) is 0 Å². The number of pyridine rings is 1. The number of nitrogens with zero attached hydrogens (tertiary/aromatic N) is 6. The van der Waals surface area contributed by atoms with Gasteiger partial charge in [0, 0.05) is 17.3 Å². The number of thioether (sulfide) groups is 1. The van der Waals surface area contributed by atoms with E-state index in [4.69, 9.17) is 27.6 Å². The fraction of sp³-hybridized carbons (Fsp3) is 0.0870. The summed E-state index contributed by atoms with van der Waals surface area (Å²) in [5, 5.41) is 18.7. The molecule has 0 fully saturated rings. The van der Waals surface area contributed by atoms with E-state index in [1.165, 1.54) is 17.3 Å². The minimum absolute atomic E-state index is 0.401. The van der Waals surface area contributed by atoms with Gasteiger partial charge in [0.2, 0.25) is 11.8 Å². The molecule has 0 saturated heterocycles. The van der Waals surface area contributed by atoms with Crippen molar-refractivity contribution in [3.63, 3.8) is 0 Å². The number of hydrogen-bond donors (Lipinski definition) is 0. The van der Waals surface area contributed by atoms with E-state index in [1.807, 2.05) is 66.1 Å². The molecule has 3 heterocycles. The fourth-order valence-corrected chi connectivity index (χ4v) is 4.27. The van der Waals surface area contributed by atoms with E-state index in [0.717, 1.165) is 16.8 Å². The van der Waals surface area contributed by atoms with Gasteiger partial charge >= 0.3 is 0 Å². The highest BCUT2D eigenvalue weighted by molar-refractivity contribution is 7.98. The van der Waals surface area contributed by atoms with Crippen molar-refractivity contribution in [2.45, 2.75) is 17.8 Å². The largest absolute Gasteiger partial charge is 0.420 e. The van der Waals surface area contributed by atoms with E-state index < -0.39 is 0 Å². The molecule has 2 aromatic carbocycles. The molecule has 0 bridgehead atoms. The molecule has 5 rings (SSSR count). The molecular formula is C23H16Cl2N6OS. The number of benzene rings is 2. The molecule has 0 saturated carbocycles. The molecule has 0 N–H and O–H groups in total. The maximum absolute atomic E-state index is 6.51. The van der Waals surface area contributed by atoms with Crippen LogP contribution in [0.4, 0.5) is 0 Å². The highest BCUT2D eigenvalue weighted by Crippen LogP contribution is 2.33. The van der Waals surface area contributed by atoms with E-state index in [9.17, 15) is 0 Å². The minimum Gasteiger partial charge on any atom is -0.420 e. The van der Waals surface area contributed by atoms with E-state index in [-0.39, 0.29) is 0 Å². The number of halogens is 2. The van der Waals surface area contributed by atoms with Crippen molar-refractivity contribution in [1.82, 2.24) is 29.9 Å². The van der Waals surface area contributed by atoms with Crippen molar-refractivity contribution >= 4 is 35.0 Å². The molecule has 0 aliphatic rings.